The van der Waals surface area contributed by atoms with Gasteiger partial charge in [-0.1, -0.05) is 29.3 Å². The van der Waals surface area contributed by atoms with E-state index in [1.165, 1.54) is 5.01 Å². The van der Waals surface area contributed by atoms with Crippen LogP contribution in [-0.2, 0) is 9.53 Å². The molecule has 0 aromatic heterocycles. The Morgan fingerprint density at radius 2 is 1.76 bits per heavy atom. The fourth-order valence-electron chi connectivity index (χ4n) is 3.04. The lowest BCUT2D eigenvalue weighted by Crippen LogP contribution is -2.38. The second-order valence-electron chi connectivity index (χ2n) is 6.24. The summed E-state index contributed by atoms with van der Waals surface area (Å²) in [4.78, 5) is 25.6. The van der Waals surface area contributed by atoms with E-state index in [9.17, 15) is 9.59 Å². The molecule has 25 heavy (non-hydrogen) atoms. The number of benzene rings is 2. The van der Waals surface area contributed by atoms with Crippen LogP contribution < -0.4 is 5.01 Å². The molecule has 0 aliphatic carbocycles. The molecule has 2 aromatic carbocycles. The summed E-state index contributed by atoms with van der Waals surface area (Å²) in [6.07, 6.45) is -0.847. The highest BCUT2D eigenvalue weighted by atomic mass is 35.5. The maximum atomic E-state index is 12.9. The summed E-state index contributed by atoms with van der Waals surface area (Å²) >= 11 is 5.85. The SMILES string of the molecule is CC1=NN(c2ccc(C)cc2)C(=O)C12OC2C(=O)c1ccc(Cl)cc1. The lowest BCUT2D eigenvalue weighted by Gasteiger charge is -2.12. The molecule has 2 unspecified atom stereocenters. The monoisotopic (exact) mass is 354 g/mol. The highest BCUT2D eigenvalue weighted by Gasteiger charge is 2.72. The second-order valence-corrected chi connectivity index (χ2v) is 6.68. The fraction of sp³-hybridized carbons (Fsp3) is 0.211. The predicted octanol–water partition coefficient (Wildman–Crippen LogP) is 3.39. The first-order valence-electron chi connectivity index (χ1n) is 7.88. The Hall–Kier alpha value is -2.50. The van der Waals surface area contributed by atoms with Crippen molar-refractivity contribution in [1.82, 2.24) is 0 Å². The third-order valence-corrected chi connectivity index (χ3v) is 4.81. The molecule has 5 nitrogen and oxygen atoms in total. The zero-order valence-corrected chi connectivity index (χ0v) is 14.4. The number of hydrogen-bond acceptors (Lipinski definition) is 4. The average Bonchev–Trinajstić information content (AvgIpc) is 3.31. The normalized spacial score (nSPS) is 24.6. The largest absolute Gasteiger partial charge is 0.341 e. The van der Waals surface area contributed by atoms with Crippen molar-refractivity contribution in [2.24, 2.45) is 5.10 Å². The number of anilines is 1. The van der Waals surface area contributed by atoms with Gasteiger partial charge < -0.3 is 4.74 Å². The summed E-state index contributed by atoms with van der Waals surface area (Å²) in [7, 11) is 0. The van der Waals surface area contributed by atoms with E-state index >= 15 is 0 Å². The van der Waals surface area contributed by atoms with Gasteiger partial charge in [-0.15, -0.1) is 0 Å². The molecule has 126 valence electrons. The molecule has 2 aliphatic rings. The molecule has 2 atom stereocenters. The van der Waals surface area contributed by atoms with Crippen LogP contribution in [0, 0.1) is 6.92 Å². The maximum absolute atomic E-state index is 12.9. The summed E-state index contributed by atoms with van der Waals surface area (Å²) in [5.74, 6) is -0.577. The van der Waals surface area contributed by atoms with Gasteiger partial charge in [-0.25, -0.2) is 0 Å². The standard InChI is InChI=1S/C19H15ClN2O3/c1-11-3-9-15(10-4-11)22-18(24)19(12(2)21-22)17(25-19)16(23)13-5-7-14(20)8-6-13/h3-10,17H,1-2H3. The minimum absolute atomic E-state index is 0.245. The topological polar surface area (TPSA) is 62.3 Å². The number of hydrazone groups is 1. The molecule has 0 saturated carbocycles. The number of ketones is 1. The number of ether oxygens (including phenoxy) is 1. The first-order chi connectivity index (χ1) is 11.9. The van der Waals surface area contributed by atoms with Crippen LogP contribution in [0.3, 0.4) is 0 Å². The van der Waals surface area contributed by atoms with Gasteiger partial charge >= 0.3 is 0 Å². The highest BCUT2D eigenvalue weighted by molar-refractivity contribution is 6.31. The molecule has 2 aliphatic heterocycles. The number of Topliss-reactive ketones (excluding diaryl/α,β-unsaturated/α-hetero) is 1. The van der Waals surface area contributed by atoms with E-state index in [0.29, 0.717) is 22.0 Å². The summed E-state index contributed by atoms with van der Waals surface area (Å²) in [6, 6.07) is 14.0. The van der Waals surface area contributed by atoms with Crippen molar-refractivity contribution in [2.45, 2.75) is 25.6 Å². The molecular weight excluding hydrogens is 340 g/mol. The summed E-state index contributed by atoms with van der Waals surface area (Å²) in [5, 5.41) is 6.18. The number of aryl methyl sites for hydroxylation is 1. The van der Waals surface area contributed by atoms with Crippen LogP contribution in [0.5, 0.6) is 0 Å². The number of nitrogens with zero attached hydrogens (tertiary/aromatic N) is 2. The summed E-state index contributed by atoms with van der Waals surface area (Å²) in [5.41, 5.74) is 1.41. The van der Waals surface area contributed by atoms with Gasteiger partial charge in [0.25, 0.3) is 5.91 Å². The highest BCUT2D eigenvalue weighted by Crippen LogP contribution is 2.46. The average molecular weight is 355 g/mol. The van der Waals surface area contributed by atoms with Crippen molar-refractivity contribution in [3.8, 4) is 0 Å². The number of carbonyl (C=O) groups is 2. The van der Waals surface area contributed by atoms with Crippen LogP contribution in [0.2, 0.25) is 5.02 Å². The molecule has 1 spiro atoms. The molecule has 1 fully saturated rings. The van der Waals surface area contributed by atoms with Gasteiger partial charge in [0.15, 0.2) is 11.9 Å². The molecule has 2 heterocycles. The smallest absolute Gasteiger partial charge is 0.288 e. The van der Waals surface area contributed by atoms with Crippen LogP contribution in [-0.4, -0.2) is 29.1 Å². The molecule has 2 aromatic rings. The third kappa shape index (κ3) is 2.39. The van der Waals surface area contributed by atoms with Crippen LogP contribution in [0.4, 0.5) is 5.69 Å². The Balaban J connectivity index is 1.61. The molecule has 0 N–H and O–H groups in total. The molecule has 4 rings (SSSR count). The zero-order valence-electron chi connectivity index (χ0n) is 13.7. The number of hydrogen-bond donors (Lipinski definition) is 0. The molecule has 1 saturated heterocycles. The van der Waals surface area contributed by atoms with Crippen molar-refractivity contribution in [3.05, 3.63) is 64.7 Å². The second kappa shape index (κ2) is 5.51. The van der Waals surface area contributed by atoms with Crippen LogP contribution in [0.25, 0.3) is 0 Å². The number of carbonyl (C=O) groups excluding carboxylic acids is 2. The number of amides is 1. The van der Waals surface area contributed by atoms with E-state index in [-0.39, 0.29) is 11.7 Å². The fourth-order valence-corrected chi connectivity index (χ4v) is 3.16. The summed E-state index contributed by atoms with van der Waals surface area (Å²) in [6.45, 7) is 3.68. The Morgan fingerprint density at radius 3 is 2.40 bits per heavy atom. The Labute approximate surface area is 149 Å². The number of halogens is 1. The van der Waals surface area contributed by atoms with Crippen molar-refractivity contribution < 1.29 is 14.3 Å². The zero-order chi connectivity index (χ0) is 17.8. The molecular formula is C19H15ClN2O3. The van der Waals surface area contributed by atoms with E-state index in [4.69, 9.17) is 16.3 Å². The van der Waals surface area contributed by atoms with Gasteiger partial charge in [-0.2, -0.15) is 10.1 Å². The first-order valence-corrected chi connectivity index (χ1v) is 8.26. The summed E-state index contributed by atoms with van der Waals surface area (Å²) < 4.78 is 5.61. The number of rotatable bonds is 3. The van der Waals surface area contributed by atoms with Gasteiger partial charge in [0.2, 0.25) is 5.60 Å². The van der Waals surface area contributed by atoms with E-state index in [1.54, 1.807) is 31.2 Å². The first kappa shape index (κ1) is 16.0. The van der Waals surface area contributed by atoms with Crippen molar-refractivity contribution in [2.75, 3.05) is 5.01 Å². The van der Waals surface area contributed by atoms with Gasteiger partial charge in [0.05, 0.1) is 11.4 Å². The molecule has 0 bridgehead atoms. The van der Waals surface area contributed by atoms with Gasteiger partial charge in [-0.3, -0.25) is 9.59 Å². The number of epoxide rings is 1. The quantitative estimate of drug-likeness (QED) is 0.627. The maximum Gasteiger partial charge on any atom is 0.288 e. The van der Waals surface area contributed by atoms with E-state index < -0.39 is 11.7 Å². The van der Waals surface area contributed by atoms with Crippen LogP contribution in [0.1, 0.15) is 22.8 Å². The lowest BCUT2D eigenvalue weighted by atomic mass is 9.94. The Bertz CT molecular complexity index is 905. The van der Waals surface area contributed by atoms with E-state index in [2.05, 4.69) is 5.10 Å². The van der Waals surface area contributed by atoms with Crippen LogP contribution in [0.15, 0.2) is 53.6 Å². The van der Waals surface area contributed by atoms with Crippen LogP contribution >= 0.6 is 11.6 Å². The van der Waals surface area contributed by atoms with Gasteiger partial charge in [-0.05, 0) is 50.2 Å². The Morgan fingerprint density at radius 1 is 1.12 bits per heavy atom. The minimum atomic E-state index is -1.28. The van der Waals surface area contributed by atoms with Crippen molar-refractivity contribution >= 4 is 34.7 Å². The van der Waals surface area contributed by atoms with Crippen molar-refractivity contribution in [1.29, 1.82) is 0 Å². The molecule has 0 radical (unpaired) electrons. The minimum Gasteiger partial charge on any atom is -0.341 e. The van der Waals surface area contributed by atoms with E-state index in [1.807, 2.05) is 31.2 Å². The third-order valence-electron chi connectivity index (χ3n) is 4.56. The molecule has 1 amide bonds. The Kier molecular flexibility index (Phi) is 3.52. The van der Waals surface area contributed by atoms with Gasteiger partial charge in [0, 0.05) is 10.6 Å². The van der Waals surface area contributed by atoms with Crippen molar-refractivity contribution in [3.63, 3.8) is 0 Å². The predicted molar refractivity (Wildman–Crippen MR) is 95.2 cm³/mol. The van der Waals surface area contributed by atoms with Gasteiger partial charge in [0.1, 0.15) is 0 Å². The molecule has 6 heteroatoms. The van der Waals surface area contributed by atoms with E-state index in [0.717, 1.165) is 5.56 Å². The lowest BCUT2D eigenvalue weighted by molar-refractivity contribution is -0.120.